The van der Waals surface area contributed by atoms with E-state index < -0.39 is 0 Å². The summed E-state index contributed by atoms with van der Waals surface area (Å²) >= 11 is 0. The lowest BCUT2D eigenvalue weighted by Crippen LogP contribution is -2.25. The molecule has 1 aliphatic heterocycles. The van der Waals surface area contributed by atoms with Crippen molar-refractivity contribution in [3.8, 4) is 5.75 Å². The second-order valence-electron chi connectivity index (χ2n) is 5.93. The van der Waals surface area contributed by atoms with Gasteiger partial charge >= 0.3 is 0 Å². The molecule has 1 atom stereocenters. The molecule has 120 valence electrons. The van der Waals surface area contributed by atoms with Crippen molar-refractivity contribution < 1.29 is 9.53 Å². The molecule has 1 aliphatic rings. The fourth-order valence-corrected chi connectivity index (χ4v) is 2.89. The van der Waals surface area contributed by atoms with E-state index >= 15 is 0 Å². The summed E-state index contributed by atoms with van der Waals surface area (Å²) in [6, 6.07) is 15.6. The molecule has 0 aliphatic carbocycles. The van der Waals surface area contributed by atoms with E-state index in [1.807, 2.05) is 49.5 Å². The molecule has 0 saturated carbocycles. The first kappa shape index (κ1) is 15.6. The molecule has 0 aromatic heterocycles. The van der Waals surface area contributed by atoms with Gasteiger partial charge in [0.25, 0.3) is 0 Å². The summed E-state index contributed by atoms with van der Waals surface area (Å²) in [4.78, 5) is 13.7. The molecule has 4 nitrogen and oxygen atoms in total. The van der Waals surface area contributed by atoms with Crippen LogP contribution in [0.1, 0.15) is 30.0 Å². The van der Waals surface area contributed by atoms with E-state index in [0.717, 1.165) is 29.8 Å². The van der Waals surface area contributed by atoms with Gasteiger partial charge in [-0.1, -0.05) is 30.3 Å². The van der Waals surface area contributed by atoms with Crippen molar-refractivity contribution in [3.05, 3.63) is 59.7 Å². The monoisotopic (exact) mass is 310 g/mol. The SMILES string of the molecule is CN1C(=O)CCCc2cc(C(N)COc3ccccc3)ccc21. The van der Waals surface area contributed by atoms with Gasteiger partial charge in [0, 0.05) is 19.2 Å². The van der Waals surface area contributed by atoms with Gasteiger partial charge in [0.15, 0.2) is 0 Å². The summed E-state index contributed by atoms with van der Waals surface area (Å²) in [7, 11) is 1.84. The van der Waals surface area contributed by atoms with Gasteiger partial charge in [0.05, 0.1) is 6.04 Å². The summed E-state index contributed by atoms with van der Waals surface area (Å²) in [5, 5.41) is 0. The number of anilines is 1. The predicted molar refractivity (Wildman–Crippen MR) is 91.7 cm³/mol. The van der Waals surface area contributed by atoms with Crippen LogP contribution in [0.4, 0.5) is 5.69 Å². The van der Waals surface area contributed by atoms with Crippen LogP contribution in [-0.2, 0) is 11.2 Å². The second-order valence-corrected chi connectivity index (χ2v) is 5.93. The zero-order valence-corrected chi connectivity index (χ0v) is 13.4. The van der Waals surface area contributed by atoms with Crippen LogP contribution >= 0.6 is 0 Å². The number of para-hydroxylation sites is 1. The smallest absolute Gasteiger partial charge is 0.226 e. The molecule has 0 bridgehead atoms. The highest BCUT2D eigenvalue weighted by atomic mass is 16.5. The lowest BCUT2D eigenvalue weighted by atomic mass is 10.0. The Hall–Kier alpha value is -2.33. The van der Waals surface area contributed by atoms with Gasteiger partial charge in [-0.15, -0.1) is 0 Å². The maximum Gasteiger partial charge on any atom is 0.226 e. The number of nitrogens with zero attached hydrogens (tertiary/aromatic N) is 1. The van der Waals surface area contributed by atoms with Crippen LogP contribution in [0.2, 0.25) is 0 Å². The highest BCUT2D eigenvalue weighted by Gasteiger charge is 2.20. The van der Waals surface area contributed by atoms with Crippen molar-refractivity contribution >= 4 is 11.6 Å². The lowest BCUT2D eigenvalue weighted by molar-refractivity contribution is -0.118. The van der Waals surface area contributed by atoms with E-state index in [4.69, 9.17) is 10.5 Å². The van der Waals surface area contributed by atoms with Gasteiger partial charge in [-0.05, 0) is 42.2 Å². The highest BCUT2D eigenvalue weighted by Crippen LogP contribution is 2.28. The van der Waals surface area contributed by atoms with Crippen molar-refractivity contribution in [2.24, 2.45) is 5.73 Å². The summed E-state index contributed by atoms with van der Waals surface area (Å²) in [5.41, 5.74) is 9.49. The number of carbonyl (C=O) groups is 1. The molecule has 0 radical (unpaired) electrons. The maximum absolute atomic E-state index is 11.9. The Balaban J connectivity index is 1.73. The number of hydrogen-bond donors (Lipinski definition) is 1. The van der Waals surface area contributed by atoms with Gasteiger partial charge in [0.2, 0.25) is 5.91 Å². The van der Waals surface area contributed by atoms with Crippen molar-refractivity contribution in [3.63, 3.8) is 0 Å². The lowest BCUT2D eigenvalue weighted by Gasteiger charge is -2.20. The highest BCUT2D eigenvalue weighted by molar-refractivity contribution is 5.94. The number of ether oxygens (including phenoxy) is 1. The Kier molecular flexibility index (Phi) is 4.63. The molecule has 23 heavy (non-hydrogen) atoms. The number of carbonyl (C=O) groups excluding carboxylic acids is 1. The van der Waals surface area contributed by atoms with E-state index in [-0.39, 0.29) is 11.9 Å². The maximum atomic E-state index is 11.9. The van der Waals surface area contributed by atoms with Crippen LogP contribution in [0, 0.1) is 0 Å². The quantitative estimate of drug-likeness (QED) is 0.944. The largest absolute Gasteiger partial charge is 0.492 e. The normalized spacial score (nSPS) is 15.7. The zero-order valence-electron chi connectivity index (χ0n) is 13.4. The van der Waals surface area contributed by atoms with Gasteiger partial charge in [-0.3, -0.25) is 4.79 Å². The summed E-state index contributed by atoms with van der Waals surface area (Å²) < 4.78 is 5.74. The van der Waals surface area contributed by atoms with E-state index in [2.05, 4.69) is 6.07 Å². The number of aryl methyl sites for hydroxylation is 1. The molecule has 4 heteroatoms. The van der Waals surface area contributed by atoms with E-state index in [1.54, 1.807) is 4.90 Å². The minimum absolute atomic E-state index is 0.174. The third-order valence-electron chi connectivity index (χ3n) is 4.28. The van der Waals surface area contributed by atoms with Crippen molar-refractivity contribution in [2.45, 2.75) is 25.3 Å². The van der Waals surface area contributed by atoms with Crippen LogP contribution < -0.4 is 15.4 Å². The van der Waals surface area contributed by atoms with Gasteiger partial charge < -0.3 is 15.4 Å². The molecule has 1 unspecified atom stereocenters. The van der Waals surface area contributed by atoms with E-state index in [9.17, 15) is 4.79 Å². The predicted octanol–water partition coefficient (Wildman–Crippen LogP) is 3.06. The van der Waals surface area contributed by atoms with Crippen LogP contribution in [-0.4, -0.2) is 19.6 Å². The Morgan fingerprint density at radius 1 is 1.17 bits per heavy atom. The Morgan fingerprint density at radius 2 is 1.96 bits per heavy atom. The Labute approximate surface area is 136 Å². The average Bonchev–Trinajstić information content (AvgIpc) is 2.72. The van der Waals surface area contributed by atoms with E-state index in [0.29, 0.717) is 13.0 Å². The van der Waals surface area contributed by atoms with Crippen molar-refractivity contribution in [2.75, 3.05) is 18.6 Å². The number of nitrogens with two attached hydrogens (primary N) is 1. The molecule has 1 heterocycles. The second kappa shape index (κ2) is 6.84. The number of rotatable bonds is 4. The molecular formula is C19H22N2O2. The molecule has 2 aromatic rings. The summed E-state index contributed by atoms with van der Waals surface area (Å²) in [6.45, 7) is 0.428. The number of fused-ring (bicyclic) bond motifs is 1. The molecule has 0 spiro atoms. The molecule has 0 fully saturated rings. The van der Waals surface area contributed by atoms with Crippen LogP contribution in [0.5, 0.6) is 5.75 Å². The van der Waals surface area contributed by atoms with Gasteiger partial charge in [0.1, 0.15) is 12.4 Å². The third-order valence-corrected chi connectivity index (χ3v) is 4.28. The first-order valence-electron chi connectivity index (χ1n) is 7.98. The first-order chi connectivity index (χ1) is 11.1. The third kappa shape index (κ3) is 3.54. The Bertz CT molecular complexity index is 685. The topological polar surface area (TPSA) is 55.6 Å². The Morgan fingerprint density at radius 3 is 2.74 bits per heavy atom. The fraction of sp³-hybridized carbons (Fsp3) is 0.316. The van der Waals surface area contributed by atoms with Gasteiger partial charge in [-0.2, -0.15) is 0 Å². The first-order valence-corrected chi connectivity index (χ1v) is 7.98. The minimum atomic E-state index is -0.190. The van der Waals surface area contributed by atoms with Gasteiger partial charge in [-0.25, -0.2) is 0 Å². The fourth-order valence-electron chi connectivity index (χ4n) is 2.89. The summed E-state index contributed by atoms with van der Waals surface area (Å²) in [5.74, 6) is 0.997. The number of amides is 1. The summed E-state index contributed by atoms with van der Waals surface area (Å²) in [6.07, 6.45) is 2.39. The van der Waals surface area contributed by atoms with E-state index in [1.165, 1.54) is 5.56 Å². The van der Waals surface area contributed by atoms with Crippen molar-refractivity contribution in [1.82, 2.24) is 0 Å². The average molecular weight is 310 g/mol. The standard InChI is InChI=1S/C19H22N2O2/c1-21-18-11-10-14(12-15(18)6-5-9-19(21)22)17(20)13-23-16-7-3-2-4-8-16/h2-4,7-8,10-12,17H,5-6,9,13,20H2,1H3. The zero-order chi connectivity index (χ0) is 16.2. The molecular weight excluding hydrogens is 288 g/mol. The molecule has 1 amide bonds. The molecule has 0 saturated heterocycles. The molecule has 2 N–H and O–H groups in total. The van der Waals surface area contributed by atoms with Crippen LogP contribution in [0.15, 0.2) is 48.5 Å². The number of benzene rings is 2. The van der Waals surface area contributed by atoms with Crippen molar-refractivity contribution in [1.29, 1.82) is 0 Å². The van der Waals surface area contributed by atoms with Crippen LogP contribution in [0.3, 0.4) is 0 Å². The molecule has 2 aromatic carbocycles. The molecule has 3 rings (SSSR count). The minimum Gasteiger partial charge on any atom is -0.492 e. The van der Waals surface area contributed by atoms with Crippen LogP contribution in [0.25, 0.3) is 0 Å². The number of hydrogen-bond acceptors (Lipinski definition) is 3.